The van der Waals surface area contributed by atoms with Crippen LogP contribution in [0.25, 0.3) is 0 Å². The molecule has 2 fully saturated rings. The second-order valence-corrected chi connectivity index (χ2v) is 11.7. The van der Waals surface area contributed by atoms with Crippen molar-refractivity contribution >= 4 is 46.1 Å². The van der Waals surface area contributed by atoms with Gasteiger partial charge in [0, 0.05) is 62.8 Å². The van der Waals surface area contributed by atoms with Gasteiger partial charge < -0.3 is 30.9 Å². The number of ether oxygens (including phenoxy) is 1. The summed E-state index contributed by atoms with van der Waals surface area (Å²) in [4.78, 5) is 26.4. The minimum absolute atomic E-state index is 0.0107. The van der Waals surface area contributed by atoms with Gasteiger partial charge in [-0.05, 0) is 50.4 Å². The number of piperidine rings is 1. The quantitative estimate of drug-likeness (QED) is 0.267. The molecule has 0 saturated carbocycles. The molecule has 2 aromatic heterocycles. The molecule has 238 valence electrons. The highest BCUT2D eigenvalue weighted by atomic mass is 32.1. The molecule has 1 amide bonds. The Labute approximate surface area is 255 Å². The number of benzene rings is 1. The van der Waals surface area contributed by atoms with Crippen molar-refractivity contribution in [2.45, 2.75) is 44.6 Å². The van der Waals surface area contributed by atoms with Gasteiger partial charge in [0.25, 0.3) is 5.91 Å². The third-order valence-corrected chi connectivity index (χ3v) is 8.93. The number of carbonyl (C=O) groups excluding carboxylic acids is 1. The average molecular weight is 641 g/mol. The number of aromatic nitrogens is 2. The van der Waals surface area contributed by atoms with Gasteiger partial charge in [0.2, 0.25) is 5.95 Å². The van der Waals surface area contributed by atoms with E-state index in [-0.39, 0.29) is 27.9 Å². The molecule has 5 rings (SSSR count). The van der Waals surface area contributed by atoms with Gasteiger partial charge in [0.1, 0.15) is 16.3 Å². The van der Waals surface area contributed by atoms with E-state index in [0.717, 1.165) is 56.9 Å². The number of carbonyl (C=O) groups is 1. The van der Waals surface area contributed by atoms with Crippen molar-refractivity contribution in [1.29, 1.82) is 0 Å². The Morgan fingerprint density at radius 2 is 1.86 bits per heavy atom. The molecule has 0 aliphatic carbocycles. The number of primary amides is 1. The van der Waals surface area contributed by atoms with Crippen LogP contribution in [0.3, 0.4) is 0 Å². The van der Waals surface area contributed by atoms with E-state index in [1.165, 1.54) is 23.6 Å². The lowest BCUT2D eigenvalue weighted by Gasteiger charge is -2.45. The van der Waals surface area contributed by atoms with Crippen molar-refractivity contribution in [3.05, 3.63) is 46.3 Å². The number of piperazine rings is 1. The second-order valence-electron chi connectivity index (χ2n) is 10.8. The summed E-state index contributed by atoms with van der Waals surface area (Å²) in [6.07, 6.45) is -2.41. The largest absolute Gasteiger partial charge is 0.433 e. The van der Waals surface area contributed by atoms with Gasteiger partial charge in [-0.25, -0.2) is 4.98 Å². The summed E-state index contributed by atoms with van der Waals surface area (Å²) in [6.45, 7) is 3.59. The van der Waals surface area contributed by atoms with Crippen molar-refractivity contribution in [1.82, 2.24) is 19.8 Å². The standard InChI is InChI=1S/C28H33F5N8O2S/c1-16-15-41(11-10-39(16)2)17-5-8-40(9-6-17)18-3-4-20(22(13-18)43-26(29)30)37-27-35-14-19(28(31,32)33)25(38-27)36-21-7-12-44-23(21)24(34)42/h3-4,7,12-14,16-17,26H,5-6,8-11,15H2,1-2H3,(H2,34,42)(H2,35,36,37,38). The van der Waals surface area contributed by atoms with E-state index in [1.807, 2.05) is 0 Å². The topological polar surface area (TPSA) is 112 Å². The molecular formula is C28H33F5N8O2S. The Morgan fingerprint density at radius 3 is 2.52 bits per heavy atom. The highest BCUT2D eigenvalue weighted by Crippen LogP contribution is 2.38. The van der Waals surface area contributed by atoms with Gasteiger partial charge in [-0.2, -0.15) is 26.9 Å². The predicted molar refractivity (Wildman–Crippen MR) is 158 cm³/mol. The number of halogens is 5. The van der Waals surface area contributed by atoms with Gasteiger partial charge in [-0.15, -0.1) is 11.3 Å². The molecule has 4 N–H and O–H groups in total. The number of rotatable bonds is 9. The maximum Gasteiger partial charge on any atom is 0.421 e. The van der Waals surface area contributed by atoms with E-state index in [1.54, 1.807) is 6.07 Å². The molecule has 0 radical (unpaired) electrons. The third kappa shape index (κ3) is 7.30. The number of thiophene rings is 1. The van der Waals surface area contributed by atoms with Crippen molar-refractivity contribution in [2.24, 2.45) is 5.73 Å². The van der Waals surface area contributed by atoms with Crippen LogP contribution in [0, 0.1) is 0 Å². The Hall–Kier alpha value is -3.76. The minimum atomic E-state index is -4.83. The Balaban J connectivity index is 1.34. The molecule has 0 spiro atoms. The van der Waals surface area contributed by atoms with E-state index in [2.05, 4.69) is 49.3 Å². The fourth-order valence-corrected chi connectivity index (χ4v) is 6.20. The Bertz CT molecular complexity index is 1460. The normalized spacial score (nSPS) is 18.9. The zero-order valence-corrected chi connectivity index (χ0v) is 24.9. The van der Waals surface area contributed by atoms with Gasteiger partial charge in [0.05, 0.1) is 11.4 Å². The first-order valence-corrected chi connectivity index (χ1v) is 14.9. The van der Waals surface area contributed by atoms with E-state index < -0.39 is 30.1 Å². The first-order chi connectivity index (χ1) is 20.9. The molecule has 44 heavy (non-hydrogen) atoms. The maximum absolute atomic E-state index is 13.7. The molecule has 3 aromatic rings. The monoisotopic (exact) mass is 640 g/mol. The first-order valence-electron chi connectivity index (χ1n) is 14.0. The molecule has 16 heteroatoms. The van der Waals surface area contributed by atoms with Crippen LogP contribution in [-0.2, 0) is 6.18 Å². The number of nitrogens with one attached hydrogen (secondary N) is 2. The van der Waals surface area contributed by atoms with E-state index in [9.17, 15) is 26.7 Å². The third-order valence-electron chi connectivity index (χ3n) is 8.00. The second kappa shape index (κ2) is 13.1. The number of amides is 1. The molecule has 2 aliphatic heterocycles. The van der Waals surface area contributed by atoms with Crippen molar-refractivity contribution in [3.8, 4) is 5.75 Å². The van der Waals surface area contributed by atoms with Crippen LogP contribution in [0.2, 0.25) is 0 Å². The number of likely N-dealkylation sites (N-methyl/N-ethyl adjacent to an activating group) is 1. The van der Waals surface area contributed by atoms with Crippen LogP contribution < -0.4 is 26.0 Å². The van der Waals surface area contributed by atoms with E-state index in [0.29, 0.717) is 24.0 Å². The fourth-order valence-electron chi connectivity index (χ4n) is 5.49. The van der Waals surface area contributed by atoms with Crippen molar-refractivity contribution < 1.29 is 31.5 Å². The molecule has 10 nitrogen and oxygen atoms in total. The SMILES string of the molecule is CC1CN(C2CCN(c3ccc(Nc4ncc(C(F)(F)F)c(Nc5ccsc5C(N)=O)n4)c(OC(F)F)c3)CC2)CCN1C. The van der Waals surface area contributed by atoms with Crippen LogP contribution in [0.1, 0.15) is 35.0 Å². The number of hydrogen-bond acceptors (Lipinski definition) is 10. The van der Waals surface area contributed by atoms with Gasteiger partial charge in [-0.3, -0.25) is 9.69 Å². The number of nitrogens with zero attached hydrogens (tertiary/aromatic N) is 5. The van der Waals surface area contributed by atoms with Crippen LogP contribution in [0.5, 0.6) is 5.75 Å². The number of alkyl halides is 5. The van der Waals surface area contributed by atoms with E-state index in [4.69, 9.17) is 10.5 Å². The zero-order valence-electron chi connectivity index (χ0n) is 24.1. The maximum atomic E-state index is 13.7. The molecule has 4 heterocycles. The molecule has 1 atom stereocenters. The van der Waals surface area contributed by atoms with E-state index >= 15 is 0 Å². The number of anilines is 5. The smallest absolute Gasteiger partial charge is 0.421 e. The molecular weight excluding hydrogens is 607 g/mol. The average Bonchev–Trinajstić information content (AvgIpc) is 3.43. The Morgan fingerprint density at radius 1 is 1.11 bits per heavy atom. The van der Waals surface area contributed by atoms with Crippen LogP contribution in [0.15, 0.2) is 35.8 Å². The minimum Gasteiger partial charge on any atom is -0.433 e. The van der Waals surface area contributed by atoms with Crippen molar-refractivity contribution in [2.75, 3.05) is 55.3 Å². The molecule has 2 aliphatic rings. The van der Waals surface area contributed by atoms with Crippen LogP contribution in [-0.4, -0.2) is 84.1 Å². The predicted octanol–water partition coefficient (Wildman–Crippen LogP) is 5.35. The van der Waals surface area contributed by atoms with Gasteiger partial charge in [0.15, 0.2) is 5.75 Å². The summed E-state index contributed by atoms with van der Waals surface area (Å²) in [5.41, 5.74) is 4.88. The van der Waals surface area contributed by atoms with Crippen molar-refractivity contribution in [3.63, 3.8) is 0 Å². The molecule has 1 aromatic carbocycles. The number of nitrogens with two attached hydrogens (primary N) is 1. The summed E-state index contributed by atoms with van der Waals surface area (Å²) < 4.78 is 72.9. The Kier molecular flexibility index (Phi) is 9.41. The summed E-state index contributed by atoms with van der Waals surface area (Å²) in [5, 5.41) is 6.68. The lowest BCUT2D eigenvalue weighted by Crippen LogP contribution is -2.55. The lowest BCUT2D eigenvalue weighted by atomic mass is 10.0. The van der Waals surface area contributed by atoms with Gasteiger partial charge >= 0.3 is 12.8 Å². The fraction of sp³-hybridized carbons (Fsp3) is 0.464. The molecule has 0 bridgehead atoms. The lowest BCUT2D eigenvalue weighted by molar-refractivity contribution is -0.137. The summed E-state index contributed by atoms with van der Waals surface area (Å²) in [6, 6.07) is 7.03. The number of hydrogen-bond donors (Lipinski definition) is 3. The summed E-state index contributed by atoms with van der Waals surface area (Å²) >= 11 is 0.952. The highest BCUT2D eigenvalue weighted by Gasteiger charge is 2.36. The molecule has 1 unspecified atom stereocenters. The highest BCUT2D eigenvalue weighted by molar-refractivity contribution is 7.12. The van der Waals surface area contributed by atoms with Crippen LogP contribution in [0.4, 0.5) is 50.8 Å². The molecule has 2 saturated heterocycles. The van der Waals surface area contributed by atoms with Crippen LogP contribution >= 0.6 is 11.3 Å². The summed E-state index contributed by atoms with van der Waals surface area (Å²) in [7, 11) is 2.13. The summed E-state index contributed by atoms with van der Waals surface area (Å²) in [5.74, 6) is -2.00. The zero-order chi connectivity index (χ0) is 31.6. The first kappa shape index (κ1) is 31.7. The van der Waals surface area contributed by atoms with Gasteiger partial charge in [-0.1, -0.05) is 0 Å².